The number of benzene rings is 2. The van der Waals surface area contributed by atoms with Crippen molar-refractivity contribution in [2.75, 3.05) is 5.43 Å². The summed E-state index contributed by atoms with van der Waals surface area (Å²) in [6, 6.07) is 12.1. The SMILES string of the molecule is O=C(O)c1ccc(NN=[N+]([O-])c2ccc(Cl)cc2)cc1. The Bertz CT molecular complexity index is 639. The molecule has 0 aromatic heterocycles. The first-order valence-corrected chi connectivity index (χ1v) is 5.97. The van der Waals surface area contributed by atoms with E-state index in [0.29, 0.717) is 21.3 Å². The van der Waals surface area contributed by atoms with Gasteiger partial charge in [-0.05, 0) is 48.5 Å². The number of carbonyl (C=O) groups is 1. The molecule has 20 heavy (non-hydrogen) atoms. The summed E-state index contributed by atoms with van der Waals surface area (Å²) in [7, 11) is 0. The summed E-state index contributed by atoms with van der Waals surface area (Å²) < 4.78 is 0. The lowest BCUT2D eigenvalue weighted by Crippen LogP contribution is -1.99. The number of anilines is 1. The lowest BCUT2D eigenvalue weighted by Gasteiger charge is -2.05. The van der Waals surface area contributed by atoms with Crippen LogP contribution in [0.5, 0.6) is 0 Å². The molecule has 0 heterocycles. The van der Waals surface area contributed by atoms with Crippen molar-refractivity contribution in [2.24, 2.45) is 5.22 Å². The third kappa shape index (κ3) is 3.46. The lowest BCUT2D eigenvalue weighted by atomic mass is 10.2. The molecule has 7 heteroatoms. The van der Waals surface area contributed by atoms with Gasteiger partial charge in [0.2, 0.25) is 0 Å². The monoisotopic (exact) mass is 291 g/mol. The number of nitrogens with one attached hydrogen (secondary N) is 1. The van der Waals surface area contributed by atoms with E-state index in [-0.39, 0.29) is 5.56 Å². The Hall–Kier alpha value is -2.60. The van der Waals surface area contributed by atoms with Gasteiger partial charge in [0.25, 0.3) is 0 Å². The maximum Gasteiger partial charge on any atom is 0.335 e. The quantitative estimate of drug-likeness (QED) is 0.511. The average Bonchev–Trinajstić information content (AvgIpc) is 2.46. The summed E-state index contributed by atoms with van der Waals surface area (Å²) in [6.45, 7) is 0. The second kappa shape index (κ2) is 6.03. The van der Waals surface area contributed by atoms with Crippen LogP contribution in [0.15, 0.2) is 53.8 Å². The standard InChI is InChI=1S/C13H10ClN3O3/c14-10-3-7-12(8-4-10)17(20)16-15-11-5-1-9(2-6-11)13(18)19/h1-8,15H,(H,18,19). The third-order valence-corrected chi connectivity index (χ3v) is 2.70. The van der Waals surface area contributed by atoms with Gasteiger partial charge in [0.1, 0.15) is 5.69 Å². The Morgan fingerprint density at radius 3 is 2.30 bits per heavy atom. The summed E-state index contributed by atoms with van der Waals surface area (Å²) in [5.41, 5.74) is 3.52. The Balaban J connectivity index is 2.08. The number of hydrogen-bond donors (Lipinski definition) is 2. The Morgan fingerprint density at radius 1 is 1.15 bits per heavy atom. The Kier molecular flexibility index (Phi) is 4.17. The van der Waals surface area contributed by atoms with E-state index in [1.54, 1.807) is 12.1 Å². The highest BCUT2D eigenvalue weighted by Gasteiger charge is 2.03. The Labute approximate surface area is 119 Å². The van der Waals surface area contributed by atoms with Crippen LogP contribution in [0.3, 0.4) is 0 Å². The highest BCUT2D eigenvalue weighted by atomic mass is 35.5. The zero-order valence-corrected chi connectivity index (χ0v) is 10.9. The number of carboxylic acid groups (broad SMARTS) is 1. The largest absolute Gasteiger partial charge is 0.691 e. The molecule has 0 amide bonds. The zero-order chi connectivity index (χ0) is 14.5. The maximum absolute atomic E-state index is 11.7. The fraction of sp³-hybridized carbons (Fsp3) is 0. The van der Waals surface area contributed by atoms with Crippen LogP contribution in [0, 0.1) is 5.21 Å². The molecule has 2 aromatic rings. The first-order chi connectivity index (χ1) is 9.56. The predicted octanol–water partition coefficient (Wildman–Crippen LogP) is 3.66. The molecule has 0 atom stereocenters. The van der Waals surface area contributed by atoms with Gasteiger partial charge in [-0.2, -0.15) is 0 Å². The number of halogens is 1. The summed E-state index contributed by atoms with van der Waals surface area (Å²) in [5.74, 6) is -1.01. The van der Waals surface area contributed by atoms with Gasteiger partial charge < -0.3 is 10.3 Å². The molecule has 0 bridgehead atoms. The van der Waals surface area contributed by atoms with Crippen molar-refractivity contribution in [1.29, 1.82) is 0 Å². The second-order valence-corrected chi connectivity index (χ2v) is 4.28. The van der Waals surface area contributed by atoms with Crippen LogP contribution >= 0.6 is 11.6 Å². The smallest absolute Gasteiger partial charge is 0.335 e. The van der Waals surface area contributed by atoms with E-state index >= 15 is 0 Å². The molecule has 0 saturated carbocycles. The van der Waals surface area contributed by atoms with Crippen LogP contribution in [0.4, 0.5) is 11.4 Å². The molecule has 2 rings (SSSR count). The van der Waals surface area contributed by atoms with E-state index in [2.05, 4.69) is 10.6 Å². The van der Waals surface area contributed by atoms with Gasteiger partial charge in [0.15, 0.2) is 5.69 Å². The average molecular weight is 292 g/mol. The topological polar surface area (TPSA) is 87.8 Å². The minimum atomic E-state index is -1.01. The molecule has 0 spiro atoms. The maximum atomic E-state index is 11.7. The van der Waals surface area contributed by atoms with E-state index < -0.39 is 5.97 Å². The highest BCUT2D eigenvalue weighted by molar-refractivity contribution is 6.30. The molecule has 0 aliphatic heterocycles. The van der Waals surface area contributed by atoms with Crippen molar-refractivity contribution >= 4 is 28.9 Å². The molecule has 0 radical (unpaired) electrons. The minimum Gasteiger partial charge on any atom is -0.691 e. The molecule has 0 fully saturated rings. The van der Waals surface area contributed by atoms with Gasteiger partial charge >= 0.3 is 5.97 Å². The fourth-order valence-electron chi connectivity index (χ4n) is 1.42. The number of rotatable bonds is 4. The van der Waals surface area contributed by atoms with Gasteiger partial charge in [0, 0.05) is 5.02 Å². The van der Waals surface area contributed by atoms with Gasteiger partial charge in [-0.15, -0.1) is 10.3 Å². The third-order valence-electron chi connectivity index (χ3n) is 2.45. The van der Waals surface area contributed by atoms with Crippen LogP contribution in [-0.4, -0.2) is 15.9 Å². The lowest BCUT2D eigenvalue weighted by molar-refractivity contribution is -0.439. The van der Waals surface area contributed by atoms with Crippen LogP contribution in [0.25, 0.3) is 0 Å². The van der Waals surface area contributed by atoms with Gasteiger partial charge in [-0.25, -0.2) is 4.79 Å². The first-order valence-electron chi connectivity index (χ1n) is 5.59. The van der Waals surface area contributed by atoms with E-state index in [4.69, 9.17) is 16.7 Å². The Morgan fingerprint density at radius 2 is 1.75 bits per heavy atom. The van der Waals surface area contributed by atoms with E-state index in [0.717, 1.165) is 0 Å². The number of aromatic carboxylic acids is 1. The molecule has 0 unspecified atom stereocenters. The summed E-state index contributed by atoms with van der Waals surface area (Å²) in [5, 5.41) is 24.5. The van der Waals surface area contributed by atoms with Crippen molar-refractivity contribution < 1.29 is 14.8 Å². The fourth-order valence-corrected chi connectivity index (χ4v) is 1.54. The normalized spacial score (nSPS) is 11.2. The van der Waals surface area contributed by atoms with Crippen molar-refractivity contribution in [3.63, 3.8) is 0 Å². The summed E-state index contributed by atoms with van der Waals surface area (Å²) >= 11 is 5.71. The first kappa shape index (κ1) is 13.8. The predicted molar refractivity (Wildman–Crippen MR) is 74.2 cm³/mol. The minimum absolute atomic E-state index is 0.159. The number of carboxylic acids is 1. The van der Waals surface area contributed by atoms with Gasteiger partial charge in [-0.1, -0.05) is 11.6 Å². The molecule has 6 nitrogen and oxygen atoms in total. The highest BCUT2D eigenvalue weighted by Crippen LogP contribution is 2.16. The summed E-state index contributed by atoms with van der Waals surface area (Å²) in [6.07, 6.45) is 0. The van der Waals surface area contributed by atoms with Crippen LogP contribution < -0.4 is 5.43 Å². The van der Waals surface area contributed by atoms with Crippen molar-refractivity contribution in [1.82, 2.24) is 0 Å². The van der Waals surface area contributed by atoms with Crippen molar-refractivity contribution in [3.05, 3.63) is 64.3 Å². The molecular formula is C13H10ClN3O3. The van der Waals surface area contributed by atoms with Gasteiger partial charge in [-0.3, -0.25) is 0 Å². The molecule has 2 N–H and O–H groups in total. The van der Waals surface area contributed by atoms with Crippen LogP contribution in [-0.2, 0) is 0 Å². The zero-order valence-electron chi connectivity index (χ0n) is 10.2. The van der Waals surface area contributed by atoms with E-state index in [1.165, 1.54) is 36.4 Å². The van der Waals surface area contributed by atoms with E-state index in [9.17, 15) is 10.0 Å². The second-order valence-electron chi connectivity index (χ2n) is 3.84. The van der Waals surface area contributed by atoms with Crippen LogP contribution in [0.2, 0.25) is 5.02 Å². The molecule has 0 aliphatic rings. The van der Waals surface area contributed by atoms with E-state index in [1.807, 2.05) is 0 Å². The van der Waals surface area contributed by atoms with Gasteiger partial charge in [0.05, 0.1) is 10.8 Å². The van der Waals surface area contributed by atoms with Crippen LogP contribution in [0.1, 0.15) is 10.4 Å². The molecule has 0 saturated heterocycles. The summed E-state index contributed by atoms with van der Waals surface area (Å²) in [4.78, 5) is 11.1. The number of nitrogens with zero attached hydrogens (tertiary/aromatic N) is 2. The molecular weight excluding hydrogens is 282 g/mol. The molecule has 2 aromatic carbocycles. The number of hydrogen-bond acceptors (Lipinski definition) is 3. The van der Waals surface area contributed by atoms with Crippen molar-refractivity contribution in [3.8, 4) is 0 Å². The molecule has 0 aliphatic carbocycles. The van der Waals surface area contributed by atoms with Crippen molar-refractivity contribution in [2.45, 2.75) is 0 Å². The molecule has 102 valence electrons.